The Balaban J connectivity index is 2.27. The summed E-state index contributed by atoms with van der Waals surface area (Å²) in [5, 5.41) is 54.2. The largest absolute Gasteiger partial charge is 0.394 e. The molecule has 6 N–H and O–H groups in total. The van der Waals surface area contributed by atoms with E-state index in [1.807, 2.05) is 6.08 Å². The van der Waals surface area contributed by atoms with E-state index in [-0.39, 0.29) is 12.5 Å². The van der Waals surface area contributed by atoms with Crippen LogP contribution in [-0.4, -0.2) is 87.5 Å². The van der Waals surface area contributed by atoms with E-state index in [4.69, 9.17) is 9.47 Å². The topological polar surface area (TPSA) is 149 Å². The van der Waals surface area contributed by atoms with Gasteiger partial charge in [-0.25, -0.2) is 0 Å². The van der Waals surface area contributed by atoms with Crippen LogP contribution in [0.15, 0.2) is 12.2 Å². The lowest BCUT2D eigenvalue weighted by molar-refractivity contribution is -0.302. The number of carbonyl (C=O) groups excluding carboxylic acids is 1. The molecule has 1 saturated heterocycles. The molecule has 0 aromatic heterocycles. The molecule has 0 aliphatic carbocycles. The Morgan fingerprint density at radius 1 is 0.579 bits per heavy atom. The monoisotopic (exact) mass is 812 g/mol. The fourth-order valence-electron chi connectivity index (χ4n) is 7.92. The zero-order chi connectivity index (χ0) is 41.6. The summed E-state index contributed by atoms with van der Waals surface area (Å²) < 4.78 is 11.2. The van der Waals surface area contributed by atoms with Gasteiger partial charge in [0.2, 0.25) is 5.91 Å². The molecule has 0 unspecified atom stereocenters. The smallest absolute Gasteiger partial charge is 0.220 e. The molecule has 0 aromatic carbocycles. The van der Waals surface area contributed by atoms with Crippen molar-refractivity contribution in [2.24, 2.45) is 0 Å². The van der Waals surface area contributed by atoms with Gasteiger partial charge in [0.25, 0.3) is 0 Å². The molecule has 1 aliphatic heterocycles. The summed E-state index contributed by atoms with van der Waals surface area (Å²) in [7, 11) is 0. The highest BCUT2D eigenvalue weighted by atomic mass is 16.7. The van der Waals surface area contributed by atoms with Gasteiger partial charge in [-0.05, 0) is 19.3 Å². The highest BCUT2D eigenvalue weighted by Crippen LogP contribution is 2.23. The molecule has 9 heteroatoms. The predicted octanol–water partition coefficient (Wildman–Crippen LogP) is 10.5. The van der Waals surface area contributed by atoms with E-state index >= 15 is 0 Å². The third-order valence-electron chi connectivity index (χ3n) is 11.9. The standard InChI is InChI=1S/C48H93NO8/c1-3-5-7-9-11-13-15-17-18-19-20-21-22-23-24-26-28-30-32-34-36-38-44(52)49-41(40-56-48-47(55)46(54)45(53)43(39-50)57-48)42(51)37-35-33-31-29-27-25-16-14-12-10-8-6-4-2/h35,37,41-43,45-48,50-51,53-55H,3-34,36,38-40H2,1-2H3,(H,49,52)/t41-,42+,43+,45+,46-,47+,48+/m0/s1. The maximum absolute atomic E-state index is 13.0. The SMILES string of the molecule is CCCCCCCCCCCCCC=C[C@@H](O)[C@H](CO[C@@H]1O[C@H](CO)[C@@H](O)[C@H](O)[C@H]1O)NC(=O)CCCCCCCCCCCCCCCCCCCCCCC. The van der Waals surface area contributed by atoms with Crippen LogP contribution in [0.5, 0.6) is 0 Å². The number of allylic oxidation sites excluding steroid dienone is 1. The lowest BCUT2D eigenvalue weighted by Crippen LogP contribution is -2.60. The van der Waals surface area contributed by atoms with Gasteiger partial charge in [-0.3, -0.25) is 4.79 Å². The van der Waals surface area contributed by atoms with Gasteiger partial charge in [-0.1, -0.05) is 219 Å². The van der Waals surface area contributed by atoms with E-state index in [0.717, 1.165) is 38.5 Å². The first-order valence-electron chi connectivity index (χ1n) is 24.4. The van der Waals surface area contributed by atoms with E-state index in [1.54, 1.807) is 6.08 Å². The zero-order valence-corrected chi connectivity index (χ0v) is 37.1. The molecule has 7 atom stereocenters. The Hall–Kier alpha value is -1.07. The number of ether oxygens (including phenoxy) is 2. The predicted molar refractivity (Wildman–Crippen MR) is 235 cm³/mol. The molecule has 0 bridgehead atoms. The summed E-state index contributed by atoms with van der Waals surface area (Å²) >= 11 is 0. The molecule has 0 radical (unpaired) electrons. The second kappa shape index (κ2) is 39.1. The summed E-state index contributed by atoms with van der Waals surface area (Å²) in [4.78, 5) is 13.0. The van der Waals surface area contributed by atoms with E-state index in [2.05, 4.69) is 19.2 Å². The summed E-state index contributed by atoms with van der Waals surface area (Å²) in [5.41, 5.74) is 0. The second-order valence-electron chi connectivity index (χ2n) is 17.3. The minimum absolute atomic E-state index is 0.173. The normalized spacial score (nSPS) is 21.0. The van der Waals surface area contributed by atoms with Gasteiger partial charge in [-0.15, -0.1) is 0 Å². The molecule has 0 saturated carbocycles. The molecule has 1 amide bonds. The van der Waals surface area contributed by atoms with Gasteiger partial charge in [0, 0.05) is 6.42 Å². The Morgan fingerprint density at radius 3 is 1.37 bits per heavy atom. The number of aliphatic hydroxyl groups excluding tert-OH is 5. The third kappa shape index (κ3) is 29.7. The Morgan fingerprint density at radius 2 is 0.965 bits per heavy atom. The molecule has 1 aliphatic rings. The Kier molecular flexibility index (Phi) is 37.0. The van der Waals surface area contributed by atoms with Crippen LogP contribution in [0.25, 0.3) is 0 Å². The van der Waals surface area contributed by atoms with Crippen LogP contribution < -0.4 is 5.32 Å². The van der Waals surface area contributed by atoms with Crippen LogP contribution in [0.4, 0.5) is 0 Å². The number of aliphatic hydroxyl groups is 5. The first-order valence-corrected chi connectivity index (χ1v) is 24.4. The van der Waals surface area contributed by atoms with Crippen molar-refractivity contribution in [3.8, 4) is 0 Å². The average molecular weight is 812 g/mol. The molecule has 57 heavy (non-hydrogen) atoms. The zero-order valence-electron chi connectivity index (χ0n) is 37.1. The van der Waals surface area contributed by atoms with E-state index in [1.165, 1.54) is 173 Å². The van der Waals surface area contributed by atoms with Crippen molar-refractivity contribution in [1.29, 1.82) is 0 Å². The Bertz CT molecular complexity index is 904. The van der Waals surface area contributed by atoms with Gasteiger partial charge < -0.3 is 40.3 Å². The summed E-state index contributed by atoms with van der Waals surface area (Å²) in [5.74, 6) is -0.173. The Labute approximate surface area is 350 Å². The van der Waals surface area contributed by atoms with Crippen molar-refractivity contribution in [3.05, 3.63) is 12.2 Å². The number of carbonyl (C=O) groups is 1. The third-order valence-corrected chi connectivity index (χ3v) is 11.9. The van der Waals surface area contributed by atoms with Crippen LogP contribution in [0.2, 0.25) is 0 Å². The quantitative estimate of drug-likeness (QED) is 0.0264. The molecule has 1 rings (SSSR count). The van der Waals surface area contributed by atoms with Gasteiger partial charge >= 0.3 is 0 Å². The number of nitrogens with one attached hydrogen (secondary N) is 1. The van der Waals surface area contributed by atoms with Crippen molar-refractivity contribution in [2.45, 2.75) is 275 Å². The van der Waals surface area contributed by atoms with Crippen LogP contribution >= 0.6 is 0 Å². The molecule has 1 heterocycles. The summed E-state index contributed by atoms with van der Waals surface area (Å²) in [6.07, 6.45) is 38.3. The lowest BCUT2D eigenvalue weighted by atomic mass is 9.99. The summed E-state index contributed by atoms with van der Waals surface area (Å²) in [6.45, 7) is 3.79. The molecule has 0 aromatic rings. The van der Waals surface area contributed by atoms with Gasteiger partial charge in [-0.2, -0.15) is 0 Å². The molecule has 338 valence electrons. The van der Waals surface area contributed by atoms with Gasteiger partial charge in [0.1, 0.15) is 24.4 Å². The summed E-state index contributed by atoms with van der Waals surface area (Å²) in [6, 6.07) is -0.798. The molecule has 0 spiro atoms. The van der Waals surface area contributed by atoms with Crippen molar-refractivity contribution < 1.29 is 39.8 Å². The molecular formula is C48H93NO8. The van der Waals surface area contributed by atoms with Crippen LogP contribution in [0, 0.1) is 0 Å². The van der Waals surface area contributed by atoms with Crippen LogP contribution in [-0.2, 0) is 14.3 Å². The van der Waals surface area contributed by atoms with Crippen molar-refractivity contribution in [1.82, 2.24) is 5.32 Å². The second-order valence-corrected chi connectivity index (χ2v) is 17.3. The van der Waals surface area contributed by atoms with Crippen molar-refractivity contribution in [2.75, 3.05) is 13.2 Å². The van der Waals surface area contributed by atoms with Gasteiger partial charge in [0.15, 0.2) is 6.29 Å². The fraction of sp³-hybridized carbons (Fsp3) is 0.938. The van der Waals surface area contributed by atoms with Gasteiger partial charge in [0.05, 0.1) is 25.4 Å². The van der Waals surface area contributed by atoms with E-state index in [9.17, 15) is 30.3 Å². The van der Waals surface area contributed by atoms with Crippen molar-refractivity contribution in [3.63, 3.8) is 0 Å². The van der Waals surface area contributed by atoms with Crippen LogP contribution in [0.3, 0.4) is 0 Å². The number of rotatable bonds is 41. The van der Waals surface area contributed by atoms with E-state index < -0.39 is 49.5 Å². The minimum atomic E-state index is -1.56. The number of hydrogen-bond acceptors (Lipinski definition) is 8. The fourth-order valence-corrected chi connectivity index (χ4v) is 7.92. The first-order chi connectivity index (χ1) is 27.8. The molecule has 1 fully saturated rings. The average Bonchev–Trinajstić information content (AvgIpc) is 3.21. The maximum Gasteiger partial charge on any atom is 0.220 e. The highest BCUT2D eigenvalue weighted by Gasteiger charge is 2.44. The van der Waals surface area contributed by atoms with E-state index in [0.29, 0.717) is 6.42 Å². The first kappa shape index (κ1) is 53.9. The van der Waals surface area contributed by atoms with Crippen LogP contribution in [0.1, 0.15) is 232 Å². The number of unbranched alkanes of at least 4 members (excludes halogenated alkanes) is 31. The highest BCUT2D eigenvalue weighted by molar-refractivity contribution is 5.76. The van der Waals surface area contributed by atoms with Crippen molar-refractivity contribution >= 4 is 5.91 Å². The molecular weight excluding hydrogens is 719 g/mol. The maximum atomic E-state index is 13.0. The molecule has 9 nitrogen and oxygen atoms in total. The lowest BCUT2D eigenvalue weighted by Gasteiger charge is -2.40. The minimum Gasteiger partial charge on any atom is -0.394 e. The number of amides is 1. The number of hydrogen-bond donors (Lipinski definition) is 6.